The topological polar surface area (TPSA) is 82.5 Å². The molecule has 0 bridgehead atoms. The number of carbonyl (C=O) groups excluding carboxylic acids is 1. The van der Waals surface area contributed by atoms with Crippen LogP contribution in [0.3, 0.4) is 0 Å². The van der Waals surface area contributed by atoms with Crippen LogP contribution in [-0.4, -0.2) is 29.7 Å². The number of halogens is 1. The first-order chi connectivity index (χ1) is 13.9. The number of hydrogen-bond donors (Lipinski definition) is 1. The average molecular weight is 414 g/mol. The van der Waals surface area contributed by atoms with Gasteiger partial charge in [-0.05, 0) is 31.2 Å². The molecule has 0 atom stereocenters. The van der Waals surface area contributed by atoms with E-state index in [1.54, 1.807) is 56.5 Å². The SMILES string of the molecule is COc1ccc(NC(=O)Cn2c(-c3cccc(Cl)c3)nc(C)cc2=O)c(OC)c1. The molecule has 0 aliphatic heterocycles. The third kappa shape index (κ3) is 4.75. The fourth-order valence-corrected chi connectivity index (χ4v) is 3.05. The lowest BCUT2D eigenvalue weighted by Crippen LogP contribution is -2.29. The molecular weight excluding hydrogens is 394 g/mol. The molecule has 1 N–H and O–H groups in total. The Kier molecular flexibility index (Phi) is 6.19. The van der Waals surface area contributed by atoms with E-state index >= 15 is 0 Å². The van der Waals surface area contributed by atoms with Gasteiger partial charge in [-0.15, -0.1) is 0 Å². The molecule has 1 amide bonds. The van der Waals surface area contributed by atoms with Crippen LogP contribution in [0.5, 0.6) is 11.5 Å². The van der Waals surface area contributed by atoms with Crippen LogP contribution >= 0.6 is 11.6 Å². The van der Waals surface area contributed by atoms with E-state index in [0.717, 1.165) is 0 Å². The molecule has 8 heteroatoms. The van der Waals surface area contributed by atoms with Crippen molar-refractivity contribution in [3.63, 3.8) is 0 Å². The van der Waals surface area contributed by atoms with Gasteiger partial charge in [0.1, 0.15) is 23.9 Å². The summed E-state index contributed by atoms with van der Waals surface area (Å²) in [5.41, 5.74) is 1.34. The minimum atomic E-state index is -0.399. The first kappa shape index (κ1) is 20.4. The summed E-state index contributed by atoms with van der Waals surface area (Å²) in [7, 11) is 3.04. The van der Waals surface area contributed by atoms with Crippen molar-refractivity contribution in [2.75, 3.05) is 19.5 Å². The summed E-state index contributed by atoms with van der Waals surface area (Å²) >= 11 is 6.08. The van der Waals surface area contributed by atoms with Crippen molar-refractivity contribution >= 4 is 23.2 Å². The van der Waals surface area contributed by atoms with Crippen LogP contribution < -0.4 is 20.3 Å². The van der Waals surface area contributed by atoms with Crippen LogP contribution in [0.1, 0.15) is 5.69 Å². The lowest BCUT2D eigenvalue weighted by atomic mass is 10.2. The standard InChI is InChI=1S/C21H20ClN3O4/c1-13-9-20(27)25(21(23-13)14-5-4-6-15(22)10-14)12-19(26)24-17-8-7-16(28-2)11-18(17)29-3/h4-11H,12H2,1-3H3,(H,24,26). The van der Waals surface area contributed by atoms with Gasteiger partial charge in [0.05, 0.1) is 19.9 Å². The Labute approximate surface area is 172 Å². The second-order valence-electron chi connectivity index (χ2n) is 6.27. The van der Waals surface area contributed by atoms with E-state index in [1.165, 1.54) is 17.7 Å². The fraction of sp³-hybridized carbons (Fsp3) is 0.190. The van der Waals surface area contributed by atoms with Crippen LogP contribution in [0.2, 0.25) is 5.02 Å². The molecule has 3 aromatic rings. The highest BCUT2D eigenvalue weighted by Gasteiger charge is 2.15. The van der Waals surface area contributed by atoms with E-state index in [4.69, 9.17) is 21.1 Å². The first-order valence-electron chi connectivity index (χ1n) is 8.77. The van der Waals surface area contributed by atoms with E-state index in [1.807, 2.05) is 0 Å². The summed E-state index contributed by atoms with van der Waals surface area (Å²) in [6.45, 7) is 1.51. The molecule has 1 heterocycles. The molecule has 0 aliphatic rings. The number of nitrogens with zero attached hydrogens (tertiary/aromatic N) is 2. The number of hydrogen-bond acceptors (Lipinski definition) is 5. The van der Waals surface area contributed by atoms with Gasteiger partial charge < -0.3 is 14.8 Å². The summed E-state index contributed by atoms with van der Waals surface area (Å²) in [5, 5.41) is 3.27. The molecule has 0 aliphatic carbocycles. The highest BCUT2D eigenvalue weighted by Crippen LogP contribution is 2.29. The Morgan fingerprint density at radius 2 is 1.93 bits per heavy atom. The predicted molar refractivity (Wildman–Crippen MR) is 112 cm³/mol. The van der Waals surface area contributed by atoms with Crippen molar-refractivity contribution in [1.82, 2.24) is 9.55 Å². The van der Waals surface area contributed by atoms with Crippen molar-refractivity contribution in [1.29, 1.82) is 0 Å². The van der Waals surface area contributed by atoms with E-state index in [-0.39, 0.29) is 12.1 Å². The van der Waals surface area contributed by atoms with E-state index < -0.39 is 5.91 Å². The number of ether oxygens (including phenoxy) is 2. The van der Waals surface area contributed by atoms with Gasteiger partial charge in [-0.1, -0.05) is 23.7 Å². The Morgan fingerprint density at radius 3 is 2.62 bits per heavy atom. The van der Waals surface area contributed by atoms with E-state index in [2.05, 4.69) is 10.3 Å². The van der Waals surface area contributed by atoms with Gasteiger partial charge in [-0.2, -0.15) is 0 Å². The Bertz CT molecular complexity index is 1110. The van der Waals surface area contributed by atoms with Crippen LogP contribution in [0.25, 0.3) is 11.4 Å². The number of nitrogens with one attached hydrogen (secondary N) is 1. The van der Waals surface area contributed by atoms with Crippen molar-refractivity contribution < 1.29 is 14.3 Å². The van der Waals surface area contributed by atoms with Crippen molar-refractivity contribution in [2.45, 2.75) is 13.5 Å². The number of aryl methyl sites for hydroxylation is 1. The van der Waals surface area contributed by atoms with Gasteiger partial charge in [-0.25, -0.2) is 4.98 Å². The number of amides is 1. The minimum Gasteiger partial charge on any atom is -0.497 e. The number of carbonyl (C=O) groups is 1. The third-order valence-electron chi connectivity index (χ3n) is 4.20. The molecule has 1 aromatic heterocycles. The molecule has 0 radical (unpaired) electrons. The zero-order valence-electron chi connectivity index (χ0n) is 16.2. The molecule has 2 aromatic carbocycles. The molecule has 0 saturated carbocycles. The second kappa shape index (κ2) is 8.79. The molecule has 3 rings (SSSR count). The maximum absolute atomic E-state index is 12.7. The molecule has 0 spiro atoms. The summed E-state index contributed by atoms with van der Waals surface area (Å²) in [5.74, 6) is 1.02. The molecular formula is C21H20ClN3O4. The normalized spacial score (nSPS) is 10.5. The molecule has 0 unspecified atom stereocenters. The first-order valence-corrected chi connectivity index (χ1v) is 9.15. The van der Waals surface area contributed by atoms with Gasteiger partial charge in [0.15, 0.2) is 0 Å². The van der Waals surface area contributed by atoms with E-state index in [9.17, 15) is 9.59 Å². The van der Waals surface area contributed by atoms with Gasteiger partial charge >= 0.3 is 0 Å². The quantitative estimate of drug-likeness (QED) is 0.668. The van der Waals surface area contributed by atoms with Gasteiger partial charge in [0.2, 0.25) is 5.91 Å². The summed E-state index contributed by atoms with van der Waals surface area (Å²) in [6.07, 6.45) is 0. The van der Waals surface area contributed by atoms with Crippen LogP contribution in [0, 0.1) is 6.92 Å². The number of aromatic nitrogens is 2. The molecule has 29 heavy (non-hydrogen) atoms. The number of benzene rings is 2. The zero-order valence-corrected chi connectivity index (χ0v) is 17.0. The smallest absolute Gasteiger partial charge is 0.254 e. The zero-order chi connectivity index (χ0) is 21.0. The number of anilines is 1. The lowest BCUT2D eigenvalue weighted by Gasteiger charge is -2.15. The second-order valence-corrected chi connectivity index (χ2v) is 6.71. The Balaban J connectivity index is 1.92. The maximum Gasteiger partial charge on any atom is 0.254 e. The van der Waals surface area contributed by atoms with Crippen LogP contribution in [-0.2, 0) is 11.3 Å². The van der Waals surface area contributed by atoms with E-state index in [0.29, 0.717) is 39.3 Å². The average Bonchev–Trinajstić information content (AvgIpc) is 2.70. The molecule has 0 fully saturated rings. The Morgan fingerprint density at radius 1 is 1.14 bits per heavy atom. The lowest BCUT2D eigenvalue weighted by molar-refractivity contribution is -0.116. The highest BCUT2D eigenvalue weighted by atomic mass is 35.5. The van der Waals surface area contributed by atoms with Crippen molar-refractivity contribution in [2.24, 2.45) is 0 Å². The minimum absolute atomic E-state index is 0.219. The van der Waals surface area contributed by atoms with Crippen molar-refractivity contribution in [3.8, 4) is 22.9 Å². The monoisotopic (exact) mass is 413 g/mol. The van der Waals surface area contributed by atoms with Gasteiger partial charge in [-0.3, -0.25) is 14.2 Å². The summed E-state index contributed by atoms with van der Waals surface area (Å²) < 4.78 is 11.8. The number of rotatable bonds is 6. The Hall–Kier alpha value is -3.32. The summed E-state index contributed by atoms with van der Waals surface area (Å²) in [4.78, 5) is 29.7. The predicted octanol–water partition coefficient (Wildman–Crippen LogP) is 3.53. The number of methoxy groups -OCH3 is 2. The third-order valence-corrected chi connectivity index (χ3v) is 4.44. The molecule has 7 nitrogen and oxygen atoms in total. The van der Waals surface area contributed by atoms with Gasteiger partial charge in [0, 0.05) is 28.4 Å². The van der Waals surface area contributed by atoms with Crippen LogP contribution in [0.15, 0.2) is 53.3 Å². The molecule has 0 saturated heterocycles. The fourth-order valence-electron chi connectivity index (χ4n) is 2.86. The molecule has 150 valence electrons. The maximum atomic E-state index is 12.7. The highest BCUT2D eigenvalue weighted by molar-refractivity contribution is 6.30. The summed E-state index contributed by atoms with van der Waals surface area (Å²) in [6, 6.07) is 13.4. The van der Waals surface area contributed by atoms with Gasteiger partial charge in [0.25, 0.3) is 5.56 Å². The van der Waals surface area contributed by atoms with Crippen LogP contribution in [0.4, 0.5) is 5.69 Å². The largest absolute Gasteiger partial charge is 0.497 e. The van der Waals surface area contributed by atoms with Crippen molar-refractivity contribution in [3.05, 3.63) is 69.6 Å².